The van der Waals surface area contributed by atoms with Gasteiger partial charge in [-0.25, -0.2) is 0 Å². The Bertz CT molecular complexity index is 1770. The molecular formula is C38H39N3O4. The number of amides is 2. The van der Waals surface area contributed by atoms with Crippen molar-refractivity contribution in [1.82, 2.24) is 4.57 Å². The highest BCUT2D eigenvalue weighted by Gasteiger charge is 2.24. The molecule has 0 bridgehead atoms. The Morgan fingerprint density at radius 1 is 0.711 bits per heavy atom. The Hall–Kier alpha value is -5.17. The molecule has 0 unspecified atom stereocenters. The zero-order valence-corrected chi connectivity index (χ0v) is 25.9. The van der Waals surface area contributed by atoms with Crippen LogP contribution in [-0.4, -0.2) is 41.0 Å². The van der Waals surface area contributed by atoms with E-state index in [4.69, 9.17) is 0 Å². The fourth-order valence-corrected chi connectivity index (χ4v) is 5.78. The van der Waals surface area contributed by atoms with Crippen LogP contribution in [-0.2, 0) is 16.0 Å². The van der Waals surface area contributed by atoms with Crippen molar-refractivity contribution >= 4 is 40.0 Å². The molecule has 0 spiro atoms. The van der Waals surface area contributed by atoms with E-state index in [1.165, 1.54) is 0 Å². The number of hydrogen-bond acceptors (Lipinski definition) is 4. The molecule has 1 N–H and O–H groups in total. The Morgan fingerprint density at radius 3 is 1.98 bits per heavy atom. The van der Waals surface area contributed by atoms with E-state index in [9.17, 15) is 19.5 Å². The number of anilines is 2. The minimum Gasteiger partial charge on any atom is -0.508 e. The smallest absolute Gasteiger partial charge is 0.262 e. The molecule has 7 nitrogen and oxygen atoms in total. The van der Waals surface area contributed by atoms with Crippen LogP contribution in [0.5, 0.6) is 5.75 Å². The number of phenols is 1. The van der Waals surface area contributed by atoms with Crippen LogP contribution in [0.3, 0.4) is 0 Å². The molecule has 0 saturated carbocycles. The SMILES string of the molecule is Cc1c(CC(=O)N(CCCCCCC(=O)N(C)c2ccccc2)c2ccccc2)c2cc(O)ccc2n1C(=O)c1ccccc1. The van der Waals surface area contributed by atoms with Crippen molar-refractivity contribution in [3.8, 4) is 5.75 Å². The minimum atomic E-state index is -0.184. The molecule has 0 atom stereocenters. The highest BCUT2D eigenvalue weighted by Crippen LogP contribution is 2.31. The molecule has 5 aromatic rings. The van der Waals surface area contributed by atoms with Crippen LogP contribution in [0.2, 0.25) is 0 Å². The van der Waals surface area contributed by atoms with Gasteiger partial charge in [0.15, 0.2) is 0 Å². The molecule has 0 aliphatic heterocycles. The molecule has 5 rings (SSSR count). The number of rotatable bonds is 12. The number of aromatic nitrogens is 1. The predicted molar refractivity (Wildman–Crippen MR) is 180 cm³/mol. The van der Waals surface area contributed by atoms with Crippen molar-refractivity contribution in [3.05, 3.63) is 126 Å². The average Bonchev–Trinajstić information content (AvgIpc) is 3.34. The van der Waals surface area contributed by atoms with Crippen molar-refractivity contribution in [2.75, 3.05) is 23.4 Å². The van der Waals surface area contributed by atoms with Gasteiger partial charge in [0.05, 0.1) is 11.9 Å². The average molecular weight is 602 g/mol. The van der Waals surface area contributed by atoms with Crippen molar-refractivity contribution in [2.24, 2.45) is 0 Å². The maximum atomic E-state index is 14.0. The van der Waals surface area contributed by atoms with Gasteiger partial charge in [0.1, 0.15) is 5.75 Å². The summed E-state index contributed by atoms with van der Waals surface area (Å²) >= 11 is 0. The number of carbonyl (C=O) groups is 3. The van der Waals surface area contributed by atoms with Gasteiger partial charge in [-0.15, -0.1) is 0 Å². The zero-order chi connectivity index (χ0) is 31.8. The number of para-hydroxylation sites is 2. The third-order valence-electron chi connectivity index (χ3n) is 8.28. The number of benzene rings is 4. The molecule has 0 radical (unpaired) electrons. The summed E-state index contributed by atoms with van der Waals surface area (Å²) in [4.78, 5) is 43.7. The second kappa shape index (κ2) is 14.5. The molecule has 4 aromatic carbocycles. The van der Waals surface area contributed by atoms with Gasteiger partial charge < -0.3 is 14.9 Å². The van der Waals surface area contributed by atoms with Crippen LogP contribution in [0, 0.1) is 6.92 Å². The lowest BCUT2D eigenvalue weighted by molar-refractivity contribution is -0.119. The van der Waals surface area contributed by atoms with Crippen LogP contribution in [0.4, 0.5) is 11.4 Å². The summed E-state index contributed by atoms with van der Waals surface area (Å²) in [7, 11) is 1.80. The monoisotopic (exact) mass is 601 g/mol. The molecule has 1 heterocycles. The second-order valence-electron chi connectivity index (χ2n) is 11.3. The standard InChI is InChI=1S/C38H39N3O4/c1-28-33(34-26-32(42)23-24-35(34)41(28)38(45)29-16-8-5-9-17-29)27-37(44)40(31-20-12-7-13-21-31)25-15-4-3-14-22-36(43)39(2)30-18-10-6-11-19-30/h5-13,16-21,23-24,26,42H,3-4,14-15,22,25,27H2,1-2H3. The quantitative estimate of drug-likeness (QED) is 0.150. The van der Waals surface area contributed by atoms with Crippen LogP contribution >= 0.6 is 0 Å². The van der Waals surface area contributed by atoms with Crippen LogP contribution < -0.4 is 9.80 Å². The van der Waals surface area contributed by atoms with Crippen molar-refractivity contribution in [1.29, 1.82) is 0 Å². The second-order valence-corrected chi connectivity index (χ2v) is 11.3. The van der Waals surface area contributed by atoms with Crippen LogP contribution in [0.1, 0.15) is 53.7 Å². The first-order chi connectivity index (χ1) is 21.8. The zero-order valence-electron chi connectivity index (χ0n) is 25.9. The highest BCUT2D eigenvalue weighted by molar-refractivity contribution is 6.06. The third-order valence-corrected chi connectivity index (χ3v) is 8.28. The lowest BCUT2D eigenvalue weighted by Crippen LogP contribution is -2.33. The van der Waals surface area contributed by atoms with E-state index >= 15 is 0 Å². The molecule has 45 heavy (non-hydrogen) atoms. The van der Waals surface area contributed by atoms with E-state index in [0.717, 1.165) is 42.6 Å². The summed E-state index contributed by atoms with van der Waals surface area (Å²) in [6.45, 7) is 2.39. The van der Waals surface area contributed by atoms with Crippen LogP contribution in [0.15, 0.2) is 109 Å². The first-order valence-electron chi connectivity index (χ1n) is 15.4. The van der Waals surface area contributed by atoms with Crippen molar-refractivity contribution in [3.63, 3.8) is 0 Å². The van der Waals surface area contributed by atoms with Gasteiger partial charge in [-0.2, -0.15) is 0 Å². The number of phenolic OH excluding ortho intramolecular Hbond substituents is 1. The van der Waals surface area contributed by atoms with E-state index in [0.29, 0.717) is 35.1 Å². The summed E-state index contributed by atoms with van der Waals surface area (Å²) in [5.41, 5.74) is 4.29. The molecule has 1 aromatic heterocycles. The van der Waals surface area contributed by atoms with Gasteiger partial charge in [-0.1, -0.05) is 67.4 Å². The topological polar surface area (TPSA) is 82.8 Å². The Labute approximate surface area is 264 Å². The first kappa shape index (κ1) is 31.3. The fraction of sp³-hybridized carbons (Fsp3) is 0.237. The fourth-order valence-electron chi connectivity index (χ4n) is 5.78. The number of carbonyl (C=O) groups excluding carboxylic acids is 3. The molecule has 2 amide bonds. The summed E-state index contributed by atoms with van der Waals surface area (Å²) in [6, 6.07) is 33.2. The van der Waals surface area contributed by atoms with E-state index in [2.05, 4.69) is 0 Å². The molecule has 0 aliphatic rings. The van der Waals surface area contributed by atoms with E-state index in [1.54, 1.807) is 51.7 Å². The lowest BCUT2D eigenvalue weighted by Gasteiger charge is -2.23. The van der Waals surface area contributed by atoms with Gasteiger partial charge in [0.2, 0.25) is 11.8 Å². The maximum absolute atomic E-state index is 14.0. The molecule has 0 saturated heterocycles. The molecular weight excluding hydrogens is 562 g/mol. The van der Waals surface area contributed by atoms with Gasteiger partial charge in [-0.3, -0.25) is 19.0 Å². The largest absolute Gasteiger partial charge is 0.508 e. The summed E-state index contributed by atoms with van der Waals surface area (Å²) in [5, 5.41) is 11.0. The number of aromatic hydroxyl groups is 1. The van der Waals surface area contributed by atoms with Crippen molar-refractivity contribution < 1.29 is 19.5 Å². The molecule has 7 heteroatoms. The van der Waals surface area contributed by atoms with E-state index in [-0.39, 0.29) is 29.9 Å². The number of nitrogens with zero attached hydrogens (tertiary/aromatic N) is 3. The molecule has 230 valence electrons. The van der Waals surface area contributed by atoms with Gasteiger partial charge in [0.25, 0.3) is 5.91 Å². The van der Waals surface area contributed by atoms with Gasteiger partial charge in [0, 0.05) is 48.0 Å². The van der Waals surface area contributed by atoms with Gasteiger partial charge in [-0.05, 0) is 79.9 Å². The van der Waals surface area contributed by atoms with Crippen molar-refractivity contribution in [2.45, 2.75) is 45.4 Å². The predicted octanol–water partition coefficient (Wildman–Crippen LogP) is 7.53. The Kier molecular flexibility index (Phi) is 10.1. The summed E-state index contributed by atoms with van der Waals surface area (Å²) < 4.78 is 1.64. The Balaban J connectivity index is 1.28. The number of hydrogen-bond donors (Lipinski definition) is 1. The summed E-state index contributed by atoms with van der Waals surface area (Å²) in [6.07, 6.45) is 3.90. The van der Waals surface area contributed by atoms with E-state index < -0.39 is 0 Å². The first-order valence-corrected chi connectivity index (χ1v) is 15.4. The van der Waals surface area contributed by atoms with Crippen LogP contribution in [0.25, 0.3) is 10.9 Å². The third kappa shape index (κ3) is 7.32. The van der Waals surface area contributed by atoms with Gasteiger partial charge >= 0.3 is 0 Å². The van der Waals surface area contributed by atoms with E-state index in [1.807, 2.05) is 85.8 Å². The maximum Gasteiger partial charge on any atom is 0.262 e. The summed E-state index contributed by atoms with van der Waals surface area (Å²) in [5.74, 6) is -0.100. The normalized spacial score (nSPS) is 11.0. The Morgan fingerprint density at radius 2 is 1.31 bits per heavy atom. The number of unbranched alkanes of at least 4 members (excludes halogenated alkanes) is 3. The highest BCUT2D eigenvalue weighted by atomic mass is 16.3. The molecule has 0 fully saturated rings. The lowest BCUT2D eigenvalue weighted by atomic mass is 10.1. The number of fused-ring (bicyclic) bond motifs is 1. The minimum absolute atomic E-state index is 0.0777. The molecule has 0 aliphatic carbocycles.